The van der Waals surface area contributed by atoms with Crippen LogP contribution in [0.5, 0.6) is 0 Å². The zero-order chi connectivity index (χ0) is 31.0. The van der Waals surface area contributed by atoms with E-state index in [9.17, 15) is 4.79 Å². The molecular weight excluding hydrogens is 560 g/mol. The van der Waals surface area contributed by atoms with Gasteiger partial charge in [0.15, 0.2) is 5.82 Å². The molecule has 0 saturated carbocycles. The minimum Gasteiger partial charge on any atom is -0.361 e. The van der Waals surface area contributed by atoms with Crippen molar-refractivity contribution in [3.8, 4) is 0 Å². The standard InChI is InChI=1S/C36H38N8O/c1-36(2,37)35(45)41-32(19-25-22-40-31-14-8-5-11-28(25)31)34-43-42-33(16-15-23-20-38-29-12-6-3-9-26(23)29)44(34)18-17-24-21-39-30-13-7-4-10-27(24)30/h3-14,20-22,32,38-40H,15-19,37H2,1-2H3,(H,41,45)/t32-/m1/s1. The van der Waals surface area contributed by atoms with Gasteiger partial charge in [-0.3, -0.25) is 4.79 Å². The molecule has 0 unspecified atom stereocenters. The number of nitrogens with one attached hydrogen (secondary N) is 4. The average Bonchev–Trinajstić information content (AvgIpc) is 3.83. The first-order valence-electron chi connectivity index (χ1n) is 15.5. The van der Waals surface area contributed by atoms with E-state index in [1.807, 2.05) is 30.5 Å². The van der Waals surface area contributed by atoms with Crippen LogP contribution < -0.4 is 11.1 Å². The largest absolute Gasteiger partial charge is 0.361 e. The second-order valence-corrected chi connectivity index (χ2v) is 12.4. The molecule has 7 aromatic rings. The summed E-state index contributed by atoms with van der Waals surface area (Å²) in [6, 6.07) is 24.5. The number of aryl methyl sites for hydroxylation is 3. The number of aromatic nitrogens is 6. The summed E-state index contributed by atoms with van der Waals surface area (Å²) in [6.07, 6.45) is 9.03. The number of carbonyl (C=O) groups excluding carboxylic acids is 1. The van der Waals surface area contributed by atoms with E-state index < -0.39 is 11.6 Å². The Labute approximate surface area is 261 Å². The maximum absolute atomic E-state index is 13.3. The smallest absolute Gasteiger partial charge is 0.240 e. The Morgan fingerprint density at radius 2 is 1.27 bits per heavy atom. The van der Waals surface area contributed by atoms with E-state index >= 15 is 0 Å². The molecule has 6 N–H and O–H groups in total. The number of benzene rings is 3. The Morgan fingerprint density at radius 3 is 1.84 bits per heavy atom. The van der Waals surface area contributed by atoms with Crippen molar-refractivity contribution in [1.82, 2.24) is 35.0 Å². The van der Waals surface area contributed by atoms with Gasteiger partial charge in [-0.25, -0.2) is 0 Å². The highest BCUT2D eigenvalue weighted by molar-refractivity contribution is 5.86. The SMILES string of the molecule is CC(C)(N)C(=O)N[C@H](Cc1c[nH]c2ccccc12)c1nnc(CCc2c[nH]c3ccccc23)n1CCc1c[nH]c2ccccc12. The zero-order valence-corrected chi connectivity index (χ0v) is 25.6. The third-order valence-electron chi connectivity index (χ3n) is 8.73. The number of para-hydroxylation sites is 3. The highest BCUT2D eigenvalue weighted by Crippen LogP contribution is 2.27. The van der Waals surface area contributed by atoms with E-state index in [0.717, 1.165) is 52.0 Å². The second-order valence-electron chi connectivity index (χ2n) is 12.4. The van der Waals surface area contributed by atoms with Crippen molar-refractivity contribution in [2.45, 2.75) is 57.7 Å². The Morgan fingerprint density at radius 1 is 0.756 bits per heavy atom. The molecular formula is C36H38N8O. The second kappa shape index (κ2) is 11.7. The van der Waals surface area contributed by atoms with Crippen molar-refractivity contribution in [3.05, 3.63) is 120 Å². The van der Waals surface area contributed by atoms with E-state index in [0.29, 0.717) is 19.4 Å². The molecule has 0 aliphatic carbocycles. The maximum atomic E-state index is 13.3. The monoisotopic (exact) mass is 598 g/mol. The van der Waals surface area contributed by atoms with Gasteiger partial charge < -0.3 is 30.6 Å². The van der Waals surface area contributed by atoms with Crippen molar-refractivity contribution in [2.24, 2.45) is 5.73 Å². The molecule has 228 valence electrons. The molecule has 4 aromatic heterocycles. The minimum absolute atomic E-state index is 0.237. The number of hydrogen-bond acceptors (Lipinski definition) is 4. The topological polar surface area (TPSA) is 133 Å². The number of carbonyl (C=O) groups is 1. The predicted octanol–water partition coefficient (Wildman–Crippen LogP) is 5.89. The van der Waals surface area contributed by atoms with E-state index in [4.69, 9.17) is 15.9 Å². The quantitative estimate of drug-likeness (QED) is 0.127. The summed E-state index contributed by atoms with van der Waals surface area (Å²) in [5.41, 5.74) is 12.1. The first kappa shape index (κ1) is 28.6. The summed E-state index contributed by atoms with van der Waals surface area (Å²) in [7, 11) is 0. The lowest BCUT2D eigenvalue weighted by atomic mass is 10.0. The summed E-state index contributed by atoms with van der Waals surface area (Å²) in [6.45, 7) is 4.11. The van der Waals surface area contributed by atoms with Crippen molar-refractivity contribution in [3.63, 3.8) is 0 Å². The van der Waals surface area contributed by atoms with Crippen molar-refractivity contribution >= 4 is 38.6 Å². The van der Waals surface area contributed by atoms with Crippen LogP contribution in [0.3, 0.4) is 0 Å². The van der Waals surface area contributed by atoms with Crippen LogP contribution in [0.2, 0.25) is 0 Å². The molecule has 0 spiro atoms. The van der Waals surface area contributed by atoms with Crippen LogP contribution in [0, 0.1) is 0 Å². The molecule has 1 atom stereocenters. The van der Waals surface area contributed by atoms with E-state index in [2.05, 4.69) is 85.8 Å². The summed E-state index contributed by atoms with van der Waals surface area (Å²) < 4.78 is 2.21. The fourth-order valence-corrected chi connectivity index (χ4v) is 6.26. The molecule has 3 aromatic carbocycles. The molecule has 0 radical (unpaired) electrons. The zero-order valence-electron chi connectivity index (χ0n) is 25.6. The molecule has 7 rings (SSSR count). The van der Waals surface area contributed by atoms with E-state index in [1.54, 1.807) is 13.8 Å². The molecule has 1 amide bonds. The van der Waals surface area contributed by atoms with Crippen LogP contribution in [0.25, 0.3) is 32.7 Å². The number of nitrogens with two attached hydrogens (primary N) is 1. The van der Waals surface area contributed by atoms with Crippen molar-refractivity contribution in [2.75, 3.05) is 0 Å². The fourth-order valence-electron chi connectivity index (χ4n) is 6.26. The number of rotatable bonds is 11. The van der Waals surface area contributed by atoms with Gasteiger partial charge in [0, 0.05) is 70.7 Å². The van der Waals surface area contributed by atoms with E-state index in [-0.39, 0.29) is 5.91 Å². The molecule has 0 aliphatic rings. The molecule has 9 nitrogen and oxygen atoms in total. The van der Waals surface area contributed by atoms with Crippen molar-refractivity contribution in [1.29, 1.82) is 0 Å². The number of amides is 1. The third-order valence-corrected chi connectivity index (χ3v) is 8.73. The number of nitrogens with zero attached hydrogens (tertiary/aromatic N) is 3. The molecule has 45 heavy (non-hydrogen) atoms. The number of hydrogen-bond donors (Lipinski definition) is 5. The molecule has 9 heteroatoms. The van der Waals surface area contributed by atoms with Gasteiger partial charge in [0.1, 0.15) is 5.82 Å². The highest BCUT2D eigenvalue weighted by atomic mass is 16.2. The fraction of sp³-hybridized carbons (Fsp3) is 0.250. The van der Waals surface area contributed by atoms with Crippen LogP contribution in [-0.4, -0.2) is 41.2 Å². The first-order chi connectivity index (χ1) is 21.8. The van der Waals surface area contributed by atoms with Gasteiger partial charge in [-0.2, -0.15) is 0 Å². The Hall–Kier alpha value is -5.15. The van der Waals surface area contributed by atoms with Gasteiger partial charge in [0.2, 0.25) is 5.91 Å². The van der Waals surface area contributed by atoms with Gasteiger partial charge in [-0.05, 0) is 61.6 Å². The van der Waals surface area contributed by atoms with Crippen LogP contribution in [0.1, 0.15) is 48.2 Å². The summed E-state index contributed by atoms with van der Waals surface area (Å²) in [4.78, 5) is 23.5. The van der Waals surface area contributed by atoms with Gasteiger partial charge in [-0.15, -0.1) is 10.2 Å². The normalized spacial score (nSPS) is 12.8. The lowest BCUT2D eigenvalue weighted by Crippen LogP contribution is -2.50. The van der Waals surface area contributed by atoms with E-state index in [1.165, 1.54) is 21.9 Å². The Bertz CT molecular complexity index is 2100. The molecule has 4 heterocycles. The average molecular weight is 599 g/mol. The molecule has 0 fully saturated rings. The van der Waals surface area contributed by atoms with Gasteiger partial charge in [0.05, 0.1) is 11.6 Å². The lowest BCUT2D eigenvalue weighted by Gasteiger charge is -2.24. The summed E-state index contributed by atoms with van der Waals surface area (Å²) in [5.74, 6) is 1.38. The summed E-state index contributed by atoms with van der Waals surface area (Å²) in [5, 5.41) is 16.3. The Kier molecular flexibility index (Phi) is 7.47. The highest BCUT2D eigenvalue weighted by Gasteiger charge is 2.29. The number of fused-ring (bicyclic) bond motifs is 3. The van der Waals surface area contributed by atoms with Crippen LogP contribution in [-0.2, 0) is 37.0 Å². The predicted molar refractivity (Wildman–Crippen MR) is 179 cm³/mol. The molecule has 0 saturated heterocycles. The van der Waals surface area contributed by atoms with Gasteiger partial charge >= 0.3 is 0 Å². The van der Waals surface area contributed by atoms with Crippen molar-refractivity contribution < 1.29 is 4.79 Å². The third kappa shape index (κ3) is 5.74. The molecule has 0 aliphatic heterocycles. The van der Waals surface area contributed by atoms with Gasteiger partial charge in [-0.1, -0.05) is 54.6 Å². The summed E-state index contributed by atoms with van der Waals surface area (Å²) >= 11 is 0. The van der Waals surface area contributed by atoms with Gasteiger partial charge in [0.25, 0.3) is 0 Å². The van der Waals surface area contributed by atoms with Crippen LogP contribution in [0.4, 0.5) is 0 Å². The van der Waals surface area contributed by atoms with Crippen LogP contribution in [0.15, 0.2) is 91.4 Å². The molecule has 0 bridgehead atoms. The Balaban J connectivity index is 1.25. The first-order valence-corrected chi connectivity index (χ1v) is 15.5. The lowest BCUT2D eigenvalue weighted by molar-refractivity contribution is -0.126. The maximum Gasteiger partial charge on any atom is 0.240 e. The van der Waals surface area contributed by atoms with Crippen LogP contribution >= 0.6 is 0 Å². The minimum atomic E-state index is -1.05. The number of aromatic amines is 3. The number of H-pyrrole nitrogens is 3.